The van der Waals surface area contributed by atoms with E-state index in [-0.39, 0.29) is 6.42 Å². The molecular weight excluding hydrogens is 850 g/mol. The topological polar surface area (TPSA) is 226 Å². The smallest absolute Gasteiger partial charge is 0.393 e. The van der Waals surface area contributed by atoms with E-state index in [1.165, 1.54) is 160 Å². The number of phosphoric ester groups is 1. The van der Waals surface area contributed by atoms with Gasteiger partial charge >= 0.3 is 7.82 Å². The molecule has 13 nitrogen and oxygen atoms in total. The van der Waals surface area contributed by atoms with Gasteiger partial charge in [0, 0.05) is 0 Å². The average Bonchev–Trinajstić information content (AvgIpc) is 3.28. The number of hydrogen-bond donors (Lipinski definition) is 9. The fourth-order valence-electron chi connectivity index (χ4n) is 8.49. The number of aliphatic hydroxyl groups excluding tert-OH is 7. The Kier molecular flexibility index (Phi) is 38.6. The molecule has 0 aliphatic heterocycles. The Bertz CT molecular complexity index is 1210. The minimum atomic E-state index is -5.15. The van der Waals surface area contributed by atoms with Gasteiger partial charge in [0.25, 0.3) is 0 Å². The lowest BCUT2D eigenvalue weighted by molar-refractivity contribution is -0.220. The van der Waals surface area contributed by atoms with Gasteiger partial charge in [-0.05, 0) is 32.1 Å². The highest BCUT2D eigenvalue weighted by atomic mass is 31.2. The van der Waals surface area contributed by atoms with Crippen LogP contribution >= 0.6 is 7.82 Å². The Hall–Kier alpha value is -1.22. The Balaban J connectivity index is 2.44. The van der Waals surface area contributed by atoms with E-state index in [0.717, 1.165) is 44.9 Å². The van der Waals surface area contributed by atoms with E-state index in [0.29, 0.717) is 12.8 Å². The summed E-state index contributed by atoms with van der Waals surface area (Å²) in [5, 5.41) is 74.6. The number of nitrogens with one attached hydrogen (secondary N) is 1. The second-order valence-corrected chi connectivity index (χ2v) is 20.3. The number of allylic oxidation sites excluding steroid dienone is 3. The molecule has 0 aromatic carbocycles. The second kappa shape index (κ2) is 40.6. The summed E-state index contributed by atoms with van der Waals surface area (Å²) in [5.74, 6) is -0.599. The summed E-state index contributed by atoms with van der Waals surface area (Å²) in [5.41, 5.74) is 0. The van der Waals surface area contributed by atoms with Gasteiger partial charge in [-0.1, -0.05) is 218 Å². The van der Waals surface area contributed by atoms with Crippen LogP contribution in [-0.4, -0.2) is 108 Å². The van der Waals surface area contributed by atoms with Crippen molar-refractivity contribution in [1.82, 2.24) is 5.32 Å². The van der Waals surface area contributed by atoms with E-state index in [1.54, 1.807) is 6.08 Å². The second-order valence-electron chi connectivity index (χ2n) is 18.9. The van der Waals surface area contributed by atoms with Gasteiger partial charge in [0.2, 0.25) is 5.91 Å². The molecule has 8 unspecified atom stereocenters. The standard InChI is InChI=1S/C51H98NO12P/c1-3-5-7-9-11-13-15-17-19-20-21-22-23-24-25-26-28-30-32-34-36-38-42(53)40-45(55)52-43(41-63-65(61,62)64-51-49(59)47(57)46(56)48(58)50(51)60)44(54)39-37-35-33-31-29-27-18-16-14-12-10-8-6-4-2/h29,31,37,39,42-44,46-51,53-54,56-60H,3-28,30,32-36,38,40-41H2,1-2H3,(H,52,55)(H,61,62)/b31-29+,39-37+. The van der Waals surface area contributed by atoms with E-state index in [4.69, 9.17) is 9.05 Å². The maximum absolute atomic E-state index is 13.0. The molecule has 9 N–H and O–H groups in total. The number of amides is 1. The summed E-state index contributed by atoms with van der Waals surface area (Å²) >= 11 is 0. The van der Waals surface area contributed by atoms with Crippen LogP contribution in [0.25, 0.3) is 0 Å². The molecule has 0 radical (unpaired) electrons. The Morgan fingerprint density at radius 3 is 1.35 bits per heavy atom. The van der Waals surface area contributed by atoms with Crippen LogP contribution in [-0.2, 0) is 18.4 Å². The summed E-state index contributed by atoms with van der Waals surface area (Å²) in [6.45, 7) is 3.75. The van der Waals surface area contributed by atoms with E-state index in [1.807, 2.05) is 0 Å². The lowest BCUT2D eigenvalue weighted by Gasteiger charge is -2.41. The summed E-state index contributed by atoms with van der Waals surface area (Å²) in [6, 6.07) is -1.25. The van der Waals surface area contributed by atoms with Crippen molar-refractivity contribution in [3.63, 3.8) is 0 Å². The first-order valence-electron chi connectivity index (χ1n) is 26.4. The third-order valence-electron chi connectivity index (χ3n) is 12.8. The first-order valence-corrected chi connectivity index (χ1v) is 27.9. The summed E-state index contributed by atoms with van der Waals surface area (Å²) in [7, 11) is -5.15. The molecule has 1 rings (SSSR count). The van der Waals surface area contributed by atoms with Crippen molar-refractivity contribution in [2.45, 2.75) is 287 Å². The number of rotatable bonds is 44. The maximum Gasteiger partial charge on any atom is 0.472 e. The van der Waals surface area contributed by atoms with Gasteiger partial charge in [0.1, 0.15) is 36.6 Å². The largest absolute Gasteiger partial charge is 0.472 e. The molecule has 0 aromatic heterocycles. The number of carbonyl (C=O) groups excluding carboxylic acids is 1. The molecule has 1 amide bonds. The third-order valence-corrected chi connectivity index (χ3v) is 13.8. The van der Waals surface area contributed by atoms with Crippen molar-refractivity contribution in [3.8, 4) is 0 Å². The molecule has 384 valence electrons. The molecule has 1 fully saturated rings. The number of phosphoric acid groups is 1. The maximum atomic E-state index is 13.0. The molecule has 8 atom stereocenters. The van der Waals surface area contributed by atoms with E-state index in [9.17, 15) is 50.0 Å². The molecule has 1 aliphatic carbocycles. The first kappa shape index (κ1) is 61.8. The minimum absolute atomic E-state index is 0.248. The van der Waals surface area contributed by atoms with Crippen molar-refractivity contribution in [2.24, 2.45) is 0 Å². The average molecular weight is 948 g/mol. The molecular formula is C51H98NO12P. The Morgan fingerprint density at radius 1 is 0.538 bits per heavy atom. The Labute approximate surface area is 394 Å². The van der Waals surface area contributed by atoms with Crippen LogP contribution in [0.3, 0.4) is 0 Å². The van der Waals surface area contributed by atoms with Gasteiger partial charge in [-0.2, -0.15) is 0 Å². The van der Waals surface area contributed by atoms with Crippen LogP contribution in [0.5, 0.6) is 0 Å². The molecule has 0 saturated heterocycles. The zero-order valence-electron chi connectivity index (χ0n) is 40.9. The van der Waals surface area contributed by atoms with Gasteiger partial charge in [-0.15, -0.1) is 0 Å². The van der Waals surface area contributed by atoms with Gasteiger partial charge in [0.15, 0.2) is 0 Å². The summed E-state index contributed by atoms with van der Waals surface area (Å²) < 4.78 is 22.9. The lowest BCUT2D eigenvalue weighted by atomic mass is 9.85. The minimum Gasteiger partial charge on any atom is -0.393 e. The molecule has 65 heavy (non-hydrogen) atoms. The van der Waals surface area contributed by atoms with Crippen molar-refractivity contribution in [3.05, 3.63) is 24.3 Å². The molecule has 1 aliphatic rings. The molecule has 0 heterocycles. The van der Waals surface area contributed by atoms with Crippen LogP contribution in [0.15, 0.2) is 24.3 Å². The quantitative estimate of drug-likeness (QED) is 0.0158. The highest BCUT2D eigenvalue weighted by Crippen LogP contribution is 2.47. The van der Waals surface area contributed by atoms with Crippen molar-refractivity contribution in [1.29, 1.82) is 0 Å². The first-order chi connectivity index (χ1) is 31.3. The van der Waals surface area contributed by atoms with Crippen molar-refractivity contribution in [2.75, 3.05) is 6.61 Å². The fourth-order valence-corrected chi connectivity index (χ4v) is 9.46. The monoisotopic (exact) mass is 948 g/mol. The zero-order valence-corrected chi connectivity index (χ0v) is 41.8. The van der Waals surface area contributed by atoms with Gasteiger partial charge in [0.05, 0.1) is 31.3 Å². The zero-order chi connectivity index (χ0) is 48.0. The van der Waals surface area contributed by atoms with Crippen LogP contribution in [0.2, 0.25) is 0 Å². The van der Waals surface area contributed by atoms with Gasteiger partial charge in [-0.3, -0.25) is 13.8 Å². The molecule has 0 spiro atoms. The normalized spacial score (nSPS) is 22.7. The van der Waals surface area contributed by atoms with E-state index in [2.05, 4.69) is 31.3 Å². The number of hydrogen-bond acceptors (Lipinski definition) is 11. The predicted octanol–water partition coefficient (Wildman–Crippen LogP) is 9.93. The fraction of sp³-hybridized carbons (Fsp3) is 0.902. The summed E-state index contributed by atoms with van der Waals surface area (Å²) in [6.07, 6.45) is 32.7. The van der Waals surface area contributed by atoms with Crippen LogP contribution in [0, 0.1) is 0 Å². The number of aliphatic hydroxyl groups is 7. The van der Waals surface area contributed by atoms with Crippen LogP contribution in [0.4, 0.5) is 0 Å². The number of unbranched alkanes of at least 4 members (excludes halogenated alkanes) is 29. The SMILES string of the molecule is CCCCCCCCCC/C=C/CC/C=C/C(O)C(COP(=O)(O)OC1C(O)C(O)C(O)C(O)C1O)NC(=O)CC(O)CCCCCCCCCCCCCCCCCCCCCCC. The lowest BCUT2D eigenvalue weighted by Crippen LogP contribution is -2.64. The molecule has 14 heteroatoms. The van der Waals surface area contributed by atoms with Crippen molar-refractivity contribution >= 4 is 13.7 Å². The number of carbonyl (C=O) groups is 1. The van der Waals surface area contributed by atoms with Crippen LogP contribution < -0.4 is 5.32 Å². The highest BCUT2D eigenvalue weighted by Gasteiger charge is 2.51. The Morgan fingerprint density at radius 2 is 0.908 bits per heavy atom. The van der Waals surface area contributed by atoms with E-state index >= 15 is 0 Å². The third kappa shape index (κ3) is 32.3. The van der Waals surface area contributed by atoms with E-state index < -0.39 is 75.2 Å². The van der Waals surface area contributed by atoms with Gasteiger partial charge < -0.3 is 46.0 Å². The molecule has 0 bridgehead atoms. The van der Waals surface area contributed by atoms with Gasteiger partial charge in [-0.25, -0.2) is 4.57 Å². The predicted molar refractivity (Wildman–Crippen MR) is 261 cm³/mol. The molecule has 1 saturated carbocycles. The highest BCUT2D eigenvalue weighted by molar-refractivity contribution is 7.47. The molecule has 0 aromatic rings. The summed E-state index contributed by atoms with van der Waals surface area (Å²) in [4.78, 5) is 23.5. The van der Waals surface area contributed by atoms with Crippen molar-refractivity contribution < 1.29 is 59.0 Å². The van der Waals surface area contributed by atoms with Crippen LogP contribution in [0.1, 0.15) is 232 Å².